The smallest absolute Gasteiger partial charge is 0.339 e. The molecule has 1 heterocycles. The summed E-state index contributed by atoms with van der Waals surface area (Å²) < 4.78 is 5.53. The van der Waals surface area contributed by atoms with Crippen LogP contribution in [-0.4, -0.2) is 34.0 Å². The van der Waals surface area contributed by atoms with Gasteiger partial charge in [-0.25, -0.2) is 14.2 Å². The Kier molecular flexibility index (Phi) is 5.86. The molecule has 0 spiro atoms. The van der Waals surface area contributed by atoms with Gasteiger partial charge >= 0.3 is 11.7 Å². The summed E-state index contributed by atoms with van der Waals surface area (Å²) in [6, 6.07) is 10.5. The van der Waals surface area contributed by atoms with Gasteiger partial charge in [0.1, 0.15) is 5.56 Å². The fourth-order valence-electron chi connectivity index (χ4n) is 2.51. The largest absolute Gasteiger partial charge is 0.493 e. The van der Waals surface area contributed by atoms with Gasteiger partial charge in [-0.3, -0.25) is 14.8 Å². The summed E-state index contributed by atoms with van der Waals surface area (Å²) in [6.45, 7) is 0. The van der Waals surface area contributed by atoms with E-state index in [0.29, 0.717) is 5.02 Å². The summed E-state index contributed by atoms with van der Waals surface area (Å²) in [5.41, 5.74) is -1.33. The Morgan fingerprint density at radius 1 is 1.21 bits per heavy atom. The number of carbonyl (C=O) groups is 1. The van der Waals surface area contributed by atoms with Gasteiger partial charge in [0.15, 0.2) is 0 Å². The van der Waals surface area contributed by atoms with Crippen molar-refractivity contribution >= 4 is 41.1 Å². The molecule has 1 aromatic heterocycles. The van der Waals surface area contributed by atoms with E-state index in [1.165, 1.54) is 37.4 Å². The number of aromatic nitrogens is 2. The molecule has 0 aliphatic heterocycles. The average molecular weight is 434 g/mol. The Labute approximate surface area is 173 Å². The zero-order valence-electron chi connectivity index (χ0n) is 14.8. The Hall–Kier alpha value is -3.36. The number of carbonyl (C=O) groups excluding carboxylic acids is 1. The van der Waals surface area contributed by atoms with E-state index in [4.69, 9.17) is 23.2 Å². The molecule has 0 fully saturated rings. The predicted octanol–water partition coefficient (Wildman–Crippen LogP) is 3.08. The second kappa shape index (κ2) is 8.34. The van der Waals surface area contributed by atoms with Crippen LogP contribution in [0.4, 0.5) is 5.69 Å². The number of nitrogens with one attached hydrogen (secondary N) is 1. The molecule has 3 rings (SSSR count). The maximum Gasteiger partial charge on any atom is 0.339 e. The van der Waals surface area contributed by atoms with Gasteiger partial charge in [0.25, 0.3) is 5.56 Å². The minimum absolute atomic E-state index is 0.0887. The molecule has 148 valence electrons. The number of halogens is 2. The van der Waals surface area contributed by atoms with Crippen LogP contribution in [0.1, 0.15) is 15.9 Å². The maximum atomic E-state index is 12.2. The van der Waals surface area contributed by atoms with E-state index in [9.17, 15) is 19.5 Å². The van der Waals surface area contributed by atoms with Crippen molar-refractivity contribution in [2.75, 3.05) is 7.11 Å². The fraction of sp³-hybridized carbons (Fsp3) is 0.0526. The maximum absolute atomic E-state index is 12.2. The van der Waals surface area contributed by atoms with Crippen LogP contribution in [0, 0.1) is 0 Å². The highest BCUT2D eigenvalue weighted by atomic mass is 35.5. The molecular formula is C19H13Cl2N3O5. The minimum Gasteiger partial charge on any atom is -0.493 e. The number of esters is 1. The molecule has 0 saturated carbocycles. The van der Waals surface area contributed by atoms with Crippen molar-refractivity contribution in [2.24, 2.45) is 4.99 Å². The molecule has 3 aromatic rings. The lowest BCUT2D eigenvalue weighted by molar-refractivity contribution is 0.0601. The molecule has 0 atom stereocenters. The summed E-state index contributed by atoms with van der Waals surface area (Å²) in [6.07, 6.45) is 1.07. The third-order valence-electron chi connectivity index (χ3n) is 3.89. The number of aromatic amines is 1. The van der Waals surface area contributed by atoms with Gasteiger partial charge < -0.3 is 9.84 Å². The zero-order valence-corrected chi connectivity index (χ0v) is 16.4. The number of H-pyrrole nitrogens is 1. The second-order valence-electron chi connectivity index (χ2n) is 5.73. The highest BCUT2D eigenvalue weighted by Crippen LogP contribution is 2.24. The Balaban J connectivity index is 2.09. The molecule has 0 aliphatic rings. The van der Waals surface area contributed by atoms with Crippen molar-refractivity contribution in [3.63, 3.8) is 0 Å². The van der Waals surface area contributed by atoms with Crippen LogP contribution in [0.15, 0.2) is 57.0 Å². The van der Waals surface area contributed by atoms with Crippen molar-refractivity contribution in [1.29, 1.82) is 0 Å². The Morgan fingerprint density at radius 3 is 2.66 bits per heavy atom. The van der Waals surface area contributed by atoms with Crippen LogP contribution < -0.4 is 11.2 Å². The summed E-state index contributed by atoms with van der Waals surface area (Å²) >= 11 is 11.9. The Bertz CT molecular complexity index is 1250. The van der Waals surface area contributed by atoms with Crippen LogP contribution in [0.5, 0.6) is 5.88 Å². The van der Waals surface area contributed by atoms with Gasteiger partial charge in [-0.2, -0.15) is 0 Å². The van der Waals surface area contributed by atoms with E-state index in [1.807, 2.05) is 0 Å². The molecular weight excluding hydrogens is 421 g/mol. The van der Waals surface area contributed by atoms with Gasteiger partial charge in [-0.15, -0.1) is 0 Å². The lowest BCUT2D eigenvalue weighted by Gasteiger charge is -2.09. The fourth-order valence-corrected chi connectivity index (χ4v) is 2.89. The number of ether oxygens (including phenoxy) is 1. The van der Waals surface area contributed by atoms with Crippen LogP contribution in [0.2, 0.25) is 10.0 Å². The molecule has 2 aromatic carbocycles. The third-order valence-corrected chi connectivity index (χ3v) is 4.45. The van der Waals surface area contributed by atoms with E-state index in [1.54, 1.807) is 12.1 Å². The van der Waals surface area contributed by atoms with Crippen LogP contribution in [0.3, 0.4) is 0 Å². The standard InChI is InChI=1S/C19H13Cl2N3O5/c1-29-18(27)13-8-11(5-6-15(13)21)22-9-14-16(25)23-19(28)24(17(14)26)12-4-2-3-10(20)7-12/h2-9,26H,1H3,(H,23,25,28). The summed E-state index contributed by atoms with van der Waals surface area (Å²) in [7, 11) is 1.21. The molecule has 0 unspecified atom stereocenters. The highest BCUT2D eigenvalue weighted by Gasteiger charge is 2.15. The van der Waals surface area contributed by atoms with Gasteiger partial charge in [0.05, 0.1) is 29.1 Å². The number of hydrogen-bond donors (Lipinski definition) is 2. The first kappa shape index (κ1) is 20.4. The first-order valence-corrected chi connectivity index (χ1v) is 8.83. The highest BCUT2D eigenvalue weighted by molar-refractivity contribution is 6.33. The summed E-state index contributed by atoms with van der Waals surface area (Å²) in [5.74, 6) is -1.27. The van der Waals surface area contributed by atoms with Crippen molar-refractivity contribution in [3.05, 3.63) is 84.5 Å². The number of hydrogen-bond acceptors (Lipinski definition) is 6. The van der Waals surface area contributed by atoms with Gasteiger partial charge in [0.2, 0.25) is 5.88 Å². The summed E-state index contributed by atoms with van der Waals surface area (Å²) in [4.78, 5) is 42.3. The number of nitrogens with zero attached hydrogens (tertiary/aromatic N) is 2. The van der Waals surface area contributed by atoms with Crippen molar-refractivity contribution in [3.8, 4) is 11.6 Å². The second-order valence-corrected chi connectivity index (χ2v) is 6.57. The van der Waals surface area contributed by atoms with E-state index in [0.717, 1.165) is 10.8 Å². The van der Waals surface area contributed by atoms with E-state index in [2.05, 4.69) is 14.7 Å². The van der Waals surface area contributed by atoms with Gasteiger partial charge in [0, 0.05) is 11.2 Å². The number of methoxy groups -OCH3 is 1. The first-order valence-electron chi connectivity index (χ1n) is 8.08. The predicted molar refractivity (Wildman–Crippen MR) is 109 cm³/mol. The van der Waals surface area contributed by atoms with Gasteiger partial charge in [-0.05, 0) is 36.4 Å². The van der Waals surface area contributed by atoms with Crippen molar-refractivity contribution in [2.45, 2.75) is 0 Å². The van der Waals surface area contributed by atoms with Crippen molar-refractivity contribution < 1.29 is 14.6 Å². The van der Waals surface area contributed by atoms with E-state index >= 15 is 0 Å². The SMILES string of the molecule is COC(=O)c1cc(N=Cc2c(O)n(-c3cccc(Cl)c3)c(=O)[nH]c2=O)ccc1Cl. The number of aromatic hydroxyl groups is 1. The zero-order chi connectivity index (χ0) is 21.1. The molecule has 10 heteroatoms. The Morgan fingerprint density at radius 2 is 1.97 bits per heavy atom. The number of aliphatic imine (C=N–C) groups is 1. The van der Waals surface area contributed by atoms with E-state index < -0.39 is 23.1 Å². The van der Waals surface area contributed by atoms with Crippen LogP contribution in [0.25, 0.3) is 5.69 Å². The molecule has 0 saturated heterocycles. The molecule has 0 aliphatic carbocycles. The molecule has 0 bridgehead atoms. The molecule has 0 amide bonds. The van der Waals surface area contributed by atoms with Crippen LogP contribution >= 0.6 is 23.2 Å². The topological polar surface area (TPSA) is 114 Å². The van der Waals surface area contributed by atoms with E-state index in [-0.39, 0.29) is 27.5 Å². The lowest BCUT2D eigenvalue weighted by Crippen LogP contribution is -2.31. The quantitative estimate of drug-likeness (QED) is 0.484. The van der Waals surface area contributed by atoms with Crippen molar-refractivity contribution in [1.82, 2.24) is 9.55 Å². The molecule has 29 heavy (non-hydrogen) atoms. The number of benzene rings is 2. The third kappa shape index (κ3) is 4.23. The van der Waals surface area contributed by atoms with Crippen LogP contribution in [-0.2, 0) is 4.74 Å². The van der Waals surface area contributed by atoms with Gasteiger partial charge in [-0.1, -0.05) is 29.3 Å². The molecule has 8 nitrogen and oxygen atoms in total. The molecule has 2 N–H and O–H groups in total. The first-order chi connectivity index (χ1) is 13.8. The normalized spacial score (nSPS) is 11.0. The minimum atomic E-state index is -0.841. The lowest BCUT2D eigenvalue weighted by atomic mass is 10.2. The molecule has 0 radical (unpaired) electrons. The number of rotatable bonds is 4. The monoisotopic (exact) mass is 433 g/mol. The average Bonchev–Trinajstić information content (AvgIpc) is 2.68. The summed E-state index contributed by atoms with van der Waals surface area (Å²) in [5, 5.41) is 11.0.